The molecule has 0 saturated carbocycles. The summed E-state index contributed by atoms with van der Waals surface area (Å²) in [6.45, 7) is 1.44. The highest BCUT2D eigenvalue weighted by Crippen LogP contribution is 2.34. The zero-order chi connectivity index (χ0) is 15.1. The number of imide groups is 1. The van der Waals surface area contributed by atoms with E-state index in [2.05, 4.69) is 10.4 Å². The van der Waals surface area contributed by atoms with E-state index in [4.69, 9.17) is 11.6 Å². The SMILES string of the molecule is CC1=CC(=O)N(Nc2ccc(C(F)(F)F)c(Cl)n2)C1=O. The van der Waals surface area contributed by atoms with Crippen molar-refractivity contribution >= 4 is 29.2 Å². The number of hydrogen-bond donors (Lipinski definition) is 1. The average Bonchev–Trinajstić information content (AvgIpc) is 2.54. The normalized spacial score (nSPS) is 15.7. The van der Waals surface area contributed by atoms with Gasteiger partial charge in [-0.1, -0.05) is 11.6 Å². The fraction of sp³-hybridized carbons (Fsp3) is 0.182. The van der Waals surface area contributed by atoms with E-state index in [1.807, 2.05) is 0 Å². The second-order valence-electron chi connectivity index (χ2n) is 3.95. The molecule has 0 saturated heterocycles. The number of carbonyl (C=O) groups excluding carboxylic acids is 2. The number of aromatic nitrogens is 1. The Labute approximate surface area is 116 Å². The van der Waals surface area contributed by atoms with E-state index in [0.29, 0.717) is 11.1 Å². The molecule has 0 atom stereocenters. The van der Waals surface area contributed by atoms with Crippen LogP contribution in [0.1, 0.15) is 12.5 Å². The fourth-order valence-corrected chi connectivity index (χ4v) is 1.78. The molecule has 0 fully saturated rings. The molecule has 9 heteroatoms. The molecule has 2 heterocycles. The molecule has 0 unspecified atom stereocenters. The number of nitrogens with zero attached hydrogens (tertiary/aromatic N) is 2. The van der Waals surface area contributed by atoms with Crippen molar-refractivity contribution in [2.45, 2.75) is 13.1 Å². The molecule has 0 radical (unpaired) electrons. The second-order valence-corrected chi connectivity index (χ2v) is 4.31. The van der Waals surface area contributed by atoms with Crippen LogP contribution in [0.15, 0.2) is 23.8 Å². The lowest BCUT2D eigenvalue weighted by atomic mass is 10.3. The molecule has 0 bridgehead atoms. The Hall–Kier alpha value is -2.09. The van der Waals surface area contributed by atoms with Crippen LogP contribution in [0.2, 0.25) is 5.15 Å². The van der Waals surface area contributed by atoms with E-state index < -0.39 is 28.7 Å². The number of amides is 2. The smallest absolute Gasteiger partial charge is 0.271 e. The van der Waals surface area contributed by atoms with E-state index in [0.717, 1.165) is 12.1 Å². The standard InChI is InChI=1S/C11H7ClF3N3O2/c1-5-4-8(19)18(10(5)20)17-7-3-2-6(9(12)16-7)11(13,14)15/h2-4H,1H3,(H,16,17). The van der Waals surface area contributed by atoms with Crippen molar-refractivity contribution in [3.63, 3.8) is 0 Å². The number of anilines is 1. The first-order valence-electron chi connectivity index (χ1n) is 5.27. The van der Waals surface area contributed by atoms with Gasteiger partial charge in [-0.05, 0) is 19.1 Å². The Balaban J connectivity index is 2.23. The summed E-state index contributed by atoms with van der Waals surface area (Å²) in [6.07, 6.45) is -3.53. The van der Waals surface area contributed by atoms with Crippen LogP contribution in [0.4, 0.5) is 19.0 Å². The van der Waals surface area contributed by atoms with Gasteiger partial charge in [0.2, 0.25) is 0 Å². The lowest BCUT2D eigenvalue weighted by Crippen LogP contribution is -2.36. The molecular weight excluding hydrogens is 299 g/mol. The number of rotatable bonds is 2. The van der Waals surface area contributed by atoms with Gasteiger partial charge in [-0.15, -0.1) is 0 Å². The van der Waals surface area contributed by atoms with Crippen LogP contribution in [0, 0.1) is 0 Å². The summed E-state index contributed by atoms with van der Waals surface area (Å²) in [7, 11) is 0. The van der Waals surface area contributed by atoms with E-state index in [1.54, 1.807) is 0 Å². The minimum atomic E-state index is -4.62. The Bertz CT molecular complexity index is 628. The van der Waals surface area contributed by atoms with Crippen molar-refractivity contribution in [3.05, 3.63) is 34.5 Å². The zero-order valence-corrected chi connectivity index (χ0v) is 10.7. The largest absolute Gasteiger partial charge is 0.419 e. The van der Waals surface area contributed by atoms with Gasteiger partial charge in [-0.3, -0.25) is 15.0 Å². The minimum Gasteiger partial charge on any atom is -0.271 e. The third-order valence-electron chi connectivity index (χ3n) is 2.48. The van der Waals surface area contributed by atoms with Gasteiger partial charge in [0.25, 0.3) is 11.8 Å². The lowest BCUT2D eigenvalue weighted by molar-refractivity contribution is -0.138. The third-order valence-corrected chi connectivity index (χ3v) is 2.77. The number of halogens is 4. The topological polar surface area (TPSA) is 62.3 Å². The Morgan fingerprint density at radius 2 is 1.95 bits per heavy atom. The van der Waals surface area contributed by atoms with Crippen molar-refractivity contribution in [2.75, 3.05) is 5.43 Å². The monoisotopic (exact) mass is 305 g/mol. The van der Waals surface area contributed by atoms with Gasteiger partial charge >= 0.3 is 6.18 Å². The van der Waals surface area contributed by atoms with Gasteiger partial charge in [-0.2, -0.15) is 18.2 Å². The van der Waals surface area contributed by atoms with Crippen LogP contribution in [0.5, 0.6) is 0 Å². The maximum atomic E-state index is 12.5. The number of hydrogen-bond acceptors (Lipinski definition) is 4. The molecule has 2 amide bonds. The maximum Gasteiger partial charge on any atom is 0.419 e. The van der Waals surface area contributed by atoms with Crippen LogP contribution in [-0.2, 0) is 15.8 Å². The first-order valence-corrected chi connectivity index (χ1v) is 5.65. The first kappa shape index (κ1) is 14.3. The Kier molecular flexibility index (Phi) is 3.43. The molecule has 106 valence electrons. The summed E-state index contributed by atoms with van der Waals surface area (Å²) >= 11 is 5.43. The van der Waals surface area contributed by atoms with E-state index in [-0.39, 0.29) is 11.4 Å². The number of nitrogens with one attached hydrogen (secondary N) is 1. The van der Waals surface area contributed by atoms with Gasteiger partial charge in [0.05, 0.1) is 5.56 Å². The predicted octanol–water partition coefficient (Wildman–Crippen LogP) is 2.40. The summed E-state index contributed by atoms with van der Waals surface area (Å²) in [4.78, 5) is 26.5. The fourth-order valence-electron chi connectivity index (χ4n) is 1.52. The van der Waals surface area contributed by atoms with Crippen LogP contribution in [0.3, 0.4) is 0 Å². The van der Waals surface area contributed by atoms with Crippen LogP contribution < -0.4 is 5.43 Å². The number of carbonyl (C=O) groups is 2. The molecule has 2 rings (SSSR count). The molecule has 0 aliphatic carbocycles. The second kappa shape index (κ2) is 4.78. The van der Waals surface area contributed by atoms with Gasteiger partial charge in [0, 0.05) is 11.6 Å². The molecule has 20 heavy (non-hydrogen) atoms. The molecule has 1 aromatic rings. The third kappa shape index (κ3) is 2.60. The summed E-state index contributed by atoms with van der Waals surface area (Å²) in [5.41, 5.74) is 1.42. The van der Waals surface area contributed by atoms with Crippen molar-refractivity contribution in [2.24, 2.45) is 0 Å². The van der Waals surface area contributed by atoms with Gasteiger partial charge in [-0.25, -0.2) is 4.98 Å². The Morgan fingerprint density at radius 3 is 2.40 bits per heavy atom. The lowest BCUT2D eigenvalue weighted by Gasteiger charge is -2.17. The Morgan fingerprint density at radius 1 is 1.30 bits per heavy atom. The minimum absolute atomic E-state index is 0.146. The summed E-state index contributed by atoms with van der Waals surface area (Å²) < 4.78 is 37.5. The molecule has 1 aliphatic heterocycles. The van der Waals surface area contributed by atoms with Crippen molar-refractivity contribution in [3.8, 4) is 0 Å². The van der Waals surface area contributed by atoms with Crippen LogP contribution in [-0.4, -0.2) is 21.8 Å². The van der Waals surface area contributed by atoms with Crippen molar-refractivity contribution in [1.82, 2.24) is 9.99 Å². The van der Waals surface area contributed by atoms with E-state index >= 15 is 0 Å². The first-order chi connectivity index (χ1) is 9.20. The van der Waals surface area contributed by atoms with Crippen molar-refractivity contribution in [1.29, 1.82) is 0 Å². The predicted molar refractivity (Wildman–Crippen MR) is 63.5 cm³/mol. The number of alkyl halides is 3. The quantitative estimate of drug-likeness (QED) is 0.673. The van der Waals surface area contributed by atoms with Gasteiger partial charge < -0.3 is 0 Å². The molecule has 1 N–H and O–H groups in total. The van der Waals surface area contributed by atoms with Crippen LogP contribution >= 0.6 is 11.6 Å². The summed E-state index contributed by atoms with van der Waals surface area (Å²) in [5, 5.41) is -0.132. The van der Waals surface area contributed by atoms with Crippen molar-refractivity contribution < 1.29 is 22.8 Å². The van der Waals surface area contributed by atoms with E-state index in [1.165, 1.54) is 6.92 Å². The summed E-state index contributed by atoms with van der Waals surface area (Å²) in [6, 6.07) is 1.69. The highest BCUT2D eigenvalue weighted by atomic mass is 35.5. The molecule has 1 aromatic heterocycles. The van der Waals surface area contributed by atoms with Gasteiger partial charge in [0.15, 0.2) is 0 Å². The molecule has 0 spiro atoms. The molecule has 0 aromatic carbocycles. The molecular formula is C11H7ClF3N3O2. The highest BCUT2D eigenvalue weighted by molar-refractivity contribution is 6.30. The maximum absolute atomic E-state index is 12.5. The van der Waals surface area contributed by atoms with Crippen LogP contribution in [0.25, 0.3) is 0 Å². The van der Waals surface area contributed by atoms with E-state index in [9.17, 15) is 22.8 Å². The van der Waals surface area contributed by atoms with Gasteiger partial charge in [0.1, 0.15) is 11.0 Å². The zero-order valence-electron chi connectivity index (χ0n) is 9.95. The molecule has 5 nitrogen and oxygen atoms in total. The highest BCUT2D eigenvalue weighted by Gasteiger charge is 2.34. The number of hydrazine groups is 1. The number of pyridine rings is 1. The average molecular weight is 306 g/mol. The molecule has 1 aliphatic rings. The summed E-state index contributed by atoms with van der Waals surface area (Å²) in [5.74, 6) is -1.38.